The molecule has 2 aromatic rings. The van der Waals surface area contributed by atoms with Gasteiger partial charge in [0.15, 0.2) is 0 Å². The lowest BCUT2D eigenvalue weighted by Crippen LogP contribution is -2.24. The van der Waals surface area contributed by atoms with Gasteiger partial charge in [0.05, 0.1) is 17.7 Å². The Morgan fingerprint density at radius 3 is 2.31 bits per heavy atom. The number of hydrogen-bond donors (Lipinski definition) is 2. The Labute approximate surface area is 153 Å². The molecule has 0 radical (unpaired) electrons. The molecule has 7 nitrogen and oxygen atoms in total. The summed E-state index contributed by atoms with van der Waals surface area (Å²) < 4.78 is 4.94. The van der Waals surface area contributed by atoms with Crippen molar-refractivity contribution in [3.8, 4) is 0 Å². The van der Waals surface area contributed by atoms with Crippen LogP contribution in [0.15, 0.2) is 36.7 Å². The number of ether oxygens (including phenoxy) is 1. The quantitative estimate of drug-likeness (QED) is 0.529. The van der Waals surface area contributed by atoms with Crippen LogP contribution < -0.4 is 10.6 Å². The maximum Gasteiger partial charge on any atom is 0.338 e. The second-order valence-corrected chi connectivity index (χ2v) is 5.68. The first kappa shape index (κ1) is 19.4. The third-order valence-corrected chi connectivity index (χ3v) is 3.63. The molecule has 1 heterocycles. The van der Waals surface area contributed by atoms with Gasteiger partial charge in [0.25, 0.3) is 5.91 Å². The van der Waals surface area contributed by atoms with Crippen LogP contribution in [-0.2, 0) is 4.74 Å². The number of benzene rings is 1. The Bertz CT molecular complexity index is 715. The van der Waals surface area contributed by atoms with Gasteiger partial charge in [-0.2, -0.15) is 0 Å². The van der Waals surface area contributed by atoms with Gasteiger partial charge in [-0.25, -0.2) is 14.8 Å². The van der Waals surface area contributed by atoms with Crippen LogP contribution in [0.25, 0.3) is 0 Å². The van der Waals surface area contributed by atoms with Crippen molar-refractivity contribution in [2.45, 2.75) is 33.1 Å². The monoisotopic (exact) mass is 356 g/mol. The predicted octanol–water partition coefficient (Wildman–Crippen LogP) is 3.32. The van der Waals surface area contributed by atoms with Crippen LogP contribution in [0.4, 0.5) is 11.6 Å². The van der Waals surface area contributed by atoms with Gasteiger partial charge in [0.1, 0.15) is 0 Å². The van der Waals surface area contributed by atoms with E-state index in [0.29, 0.717) is 30.2 Å². The third kappa shape index (κ3) is 5.84. The topological polar surface area (TPSA) is 93.2 Å². The molecule has 0 spiro atoms. The lowest BCUT2D eigenvalue weighted by atomic mass is 10.2. The minimum atomic E-state index is -0.357. The molecule has 0 saturated heterocycles. The Morgan fingerprint density at radius 1 is 1.00 bits per heavy atom. The highest BCUT2D eigenvalue weighted by atomic mass is 16.5. The molecule has 0 aliphatic carbocycles. The van der Waals surface area contributed by atoms with E-state index in [1.165, 1.54) is 12.4 Å². The maximum absolute atomic E-state index is 12.0. The van der Waals surface area contributed by atoms with Crippen molar-refractivity contribution < 1.29 is 14.3 Å². The molecule has 2 N–H and O–H groups in total. The van der Waals surface area contributed by atoms with E-state index in [1.807, 2.05) is 0 Å². The van der Waals surface area contributed by atoms with Gasteiger partial charge in [-0.05, 0) is 37.6 Å². The average molecular weight is 356 g/mol. The smallest absolute Gasteiger partial charge is 0.338 e. The average Bonchev–Trinajstić information content (AvgIpc) is 2.66. The minimum absolute atomic E-state index is 0.175. The number of amides is 1. The third-order valence-electron chi connectivity index (χ3n) is 3.63. The van der Waals surface area contributed by atoms with Crippen molar-refractivity contribution >= 4 is 23.5 Å². The highest BCUT2D eigenvalue weighted by Gasteiger charge is 2.08. The lowest BCUT2D eigenvalue weighted by Gasteiger charge is -2.07. The van der Waals surface area contributed by atoms with E-state index in [0.717, 1.165) is 24.9 Å². The zero-order valence-electron chi connectivity index (χ0n) is 15.1. The van der Waals surface area contributed by atoms with Crippen molar-refractivity contribution in [1.29, 1.82) is 0 Å². The first-order valence-electron chi connectivity index (χ1n) is 8.78. The van der Waals surface area contributed by atoms with Crippen molar-refractivity contribution in [3.05, 3.63) is 47.8 Å². The van der Waals surface area contributed by atoms with Gasteiger partial charge in [0, 0.05) is 24.6 Å². The summed E-state index contributed by atoms with van der Waals surface area (Å²) in [6.07, 6.45) is 6.13. The number of hydrogen-bond acceptors (Lipinski definition) is 6. The van der Waals surface area contributed by atoms with Crippen LogP contribution in [-0.4, -0.2) is 35.0 Å². The number of unbranched alkanes of at least 4 members (excludes halogenated alkanes) is 2. The van der Waals surface area contributed by atoms with Crippen molar-refractivity contribution in [1.82, 2.24) is 15.3 Å². The molecule has 0 saturated carbocycles. The first-order valence-corrected chi connectivity index (χ1v) is 8.78. The van der Waals surface area contributed by atoms with Crippen LogP contribution >= 0.6 is 0 Å². The Morgan fingerprint density at radius 2 is 1.69 bits per heavy atom. The molecule has 0 fully saturated rings. The van der Waals surface area contributed by atoms with Crippen molar-refractivity contribution in [2.75, 3.05) is 18.5 Å². The summed E-state index contributed by atoms with van der Waals surface area (Å²) in [7, 11) is 0. The molecule has 138 valence electrons. The SMILES string of the molecule is CCCCCNC(=O)c1cnc(Nc2ccc(C(=O)OCC)cc2)nc1. The summed E-state index contributed by atoms with van der Waals surface area (Å²) in [6, 6.07) is 6.81. The zero-order chi connectivity index (χ0) is 18.8. The van der Waals surface area contributed by atoms with Gasteiger partial charge < -0.3 is 15.4 Å². The number of nitrogens with one attached hydrogen (secondary N) is 2. The van der Waals surface area contributed by atoms with Crippen LogP contribution in [0.3, 0.4) is 0 Å². The molecule has 26 heavy (non-hydrogen) atoms. The van der Waals surface area contributed by atoms with Gasteiger partial charge in [-0.3, -0.25) is 4.79 Å². The highest BCUT2D eigenvalue weighted by molar-refractivity contribution is 5.93. The highest BCUT2D eigenvalue weighted by Crippen LogP contribution is 2.14. The fourth-order valence-corrected chi connectivity index (χ4v) is 2.22. The van der Waals surface area contributed by atoms with E-state index < -0.39 is 0 Å². The normalized spacial score (nSPS) is 10.2. The fourth-order valence-electron chi connectivity index (χ4n) is 2.22. The molecule has 2 rings (SSSR count). The number of carbonyl (C=O) groups is 2. The standard InChI is InChI=1S/C19H24N4O3/c1-3-5-6-11-20-17(24)15-12-21-19(22-13-15)23-16-9-7-14(8-10-16)18(25)26-4-2/h7-10,12-13H,3-6,11H2,1-2H3,(H,20,24)(H,21,22,23). The van der Waals surface area contributed by atoms with Gasteiger partial charge in [0.2, 0.25) is 5.95 Å². The molecular formula is C19H24N4O3. The Kier molecular flexibility index (Phi) is 7.54. The molecule has 1 aromatic heterocycles. The van der Waals surface area contributed by atoms with E-state index in [4.69, 9.17) is 4.74 Å². The molecule has 1 aromatic carbocycles. The molecule has 7 heteroatoms. The number of aromatic nitrogens is 2. The first-order chi connectivity index (χ1) is 12.6. The Hall–Kier alpha value is -2.96. The summed E-state index contributed by atoms with van der Waals surface area (Å²) in [5, 5.41) is 5.87. The lowest BCUT2D eigenvalue weighted by molar-refractivity contribution is 0.0526. The van der Waals surface area contributed by atoms with Gasteiger partial charge in [-0.1, -0.05) is 19.8 Å². The van der Waals surface area contributed by atoms with Crippen molar-refractivity contribution in [3.63, 3.8) is 0 Å². The van der Waals surface area contributed by atoms with Crippen molar-refractivity contribution in [2.24, 2.45) is 0 Å². The van der Waals surface area contributed by atoms with E-state index >= 15 is 0 Å². The minimum Gasteiger partial charge on any atom is -0.462 e. The van der Waals surface area contributed by atoms with Gasteiger partial charge >= 0.3 is 5.97 Å². The number of nitrogens with zero attached hydrogens (tertiary/aromatic N) is 2. The maximum atomic E-state index is 12.0. The molecule has 0 unspecified atom stereocenters. The fraction of sp³-hybridized carbons (Fsp3) is 0.368. The van der Waals surface area contributed by atoms with Gasteiger partial charge in [-0.15, -0.1) is 0 Å². The molecule has 0 aliphatic heterocycles. The number of carbonyl (C=O) groups excluding carboxylic acids is 2. The summed E-state index contributed by atoms with van der Waals surface area (Å²) in [4.78, 5) is 31.9. The second-order valence-electron chi connectivity index (χ2n) is 5.68. The summed E-state index contributed by atoms with van der Waals surface area (Å²) in [5.41, 5.74) is 1.63. The molecule has 1 amide bonds. The zero-order valence-corrected chi connectivity index (χ0v) is 15.1. The van der Waals surface area contributed by atoms with E-state index in [1.54, 1.807) is 31.2 Å². The van der Waals surface area contributed by atoms with E-state index in [9.17, 15) is 9.59 Å². The molecule has 0 bridgehead atoms. The number of anilines is 2. The Balaban J connectivity index is 1.90. The number of esters is 1. The van der Waals surface area contributed by atoms with Crippen LogP contribution in [0.2, 0.25) is 0 Å². The summed E-state index contributed by atoms with van der Waals surface area (Å²) in [6.45, 7) is 4.87. The van der Waals surface area contributed by atoms with Crippen LogP contribution in [0, 0.1) is 0 Å². The summed E-state index contributed by atoms with van der Waals surface area (Å²) in [5.74, 6) is -0.160. The molecule has 0 atom stereocenters. The van der Waals surface area contributed by atoms with Crippen LogP contribution in [0.5, 0.6) is 0 Å². The predicted molar refractivity (Wildman–Crippen MR) is 99.6 cm³/mol. The number of rotatable bonds is 9. The van der Waals surface area contributed by atoms with Crippen LogP contribution in [0.1, 0.15) is 53.8 Å². The van der Waals surface area contributed by atoms with E-state index in [-0.39, 0.29) is 11.9 Å². The molecular weight excluding hydrogens is 332 g/mol. The van der Waals surface area contributed by atoms with E-state index in [2.05, 4.69) is 27.5 Å². The summed E-state index contributed by atoms with van der Waals surface area (Å²) >= 11 is 0. The largest absolute Gasteiger partial charge is 0.462 e. The molecule has 0 aliphatic rings. The second kappa shape index (κ2) is 10.1.